The second-order valence-corrected chi connectivity index (χ2v) is 7.23. The van der Waals surface area contributed by atoms with Crippen molar-refractivity contribution in [1.82, 2.24) is 10.2 Å². The molecule has 3 aliphatic heterocycles. The summed E-state index contributed by atoms with van der Waals surface area (Å²) in [5, 5.41) is 2.83. The molecule has 3 fully saturated rings. The number of nitrogens with zero attached hydrogens (tertiary/aromatic N) is 1. The number of hydrogen-bond acceptors (Lipinski definition) is 5. The van der Waals surface area contributed by atoms with Crippen LogP contribution in [0, 0.1) is 17.8 Å². The zero-order chi connectivity index (χ0) is 16.7. The zero-order valence-electron chi connectivity index (χ0n) is 13.7. The Morgan fingerprint density at radius 3 is 2.30 bits per heavy atom. The van der Waals surface area contributed by atoms with Gasteiger partial charge in [-0.05, 0) is 25.2 Å². The maximum Gasteiger partial charge on any atom is 0.240 e. The summed E-state index contributed by atoms with van der Waals surface area (Å²) in [6, 6.07) is -0.130. The number of amides is 3. The molecule has 7 nitrogen and oxygen atoms in total. The molecule has 0 aliphatic carbocycles. The van der Waals surface area contributed by atoms with E-state index < -0.39 is 0 Å². The van der Waals surface area contributed by atoms with Gasteiger partial charge >= 0.3 is 0 Å². The Bertz CT molecular complexity index is 493. The minimum atomic E-state index is -0.380. The van der Waals surface area contributed by atoms with Crippen molar-refractivity contribution in [2.45, 2.75) is 51.4 Å². The number of hydrogen-bond donors (Lipinski definition) is 2. The highest BCUT2D eigenvalue weighted by Crippen LogP contribution is 2.48. The number of carbonyl (C=O) groups excluding carboxylic acids is 3. The van der Waals surface area contributed by atoms with Crippen LogP contribution < -0.4 is 11.1 Å². The lowest BCUT2D eigenvalue weighted by molar-refractivity contribution is -0.146. The summed E-state index contributed by atoms with van der Waals surface area (Å²) in [5.74, 6) is -1.18. The van der Waals surface area contributed by atoms with Crippen molar-refractivity contribution in [2.24, 2.45) is 23.5 Å². The highest BCUT2D eigenvalue weighted by atomic mass is 16.5. The predicted octanol–water partition coefficient (Wildman–Crippen LogP) is -0.362. The molecule has 0 saturated carbocycles. The van der Waals surface area contributed by atoms with E-state index in [4.69, 9.17) is 10.5 Å². The van der Waals surface area contributed by atoms with Crippen LogP contribution in [-0.2, 0) is 19.1 Å². The standard InChI is InChI=1S/C16H25N3O4/c1-8(2)5-9(6-17)18-12(20)7-19-15(21)13-10-3-4-11(23-10)14(13)16(19)22/h8-11,13-14H,3-7,17H2,1-2H3,(H,18,20). The number of imide groups is 1. The molecule has 5 unspecified atom stereocenters. The largest absolute Gasteiger partial charge is 0.373 e. The van der Waals surface area contributed by atoms with Crippen LogP contribution >= 0.6 is 0 Å². The van der Waals surface area contributed by atoms with Gasteiger partial charge in [0.2, 0.25) is 17.7 Å². The molecule has 0 aromatic rings. The summed E-state index contributed by atoms with van der Waals surface area (Å²) in [7, 11) is 0. The first-order chi connectivity index (χ1) is 10.9. The summed E-state index contributed by atoms with van der Waals surface area (Å²) >= 11 is 0. The lowest BCUT2D eigenvalue weighted by Crippen LogP contribution is -2.47. The van der Waals surface area contributed by atoms with Crippen molar-refractivity contribution in [1.29, 1.82) is 0 Å². The second-order valence-electron chi connectivity index (χ2n) is 7.23. The molecular weight excluding hydrogens is 298 g/mol. The summed E-state index contributed by atoms with van der Waals surface area (Å²) in [4.78, 5) is 38.3. The van der Waals surface area contributed by atoms with Crippen LogP contribution in [0.15, 0.2) is 0 Å². The highest BCUT2D eigenvalue weighted by molar-refractivity contribution is 6.08. The predicted molar refractivity (Wildman–Crippen MR) is 82.0 cm³/mol. The molecule has 0 aromatic carbocycles. The van der Waals surface area contributed by atoms with Gasteiger partial charge in [-0.1, -0.05) is 13.8 Å². The minimum Gasteiger partial charge on any atom is -0.373 e. The minimum absolute atomic E-state index is 0.130. The number of carbonyl (C=O) groups is 3. The summed E-state index contributed by atoms with van der Waals surface area (Å²) in [6.45, 7) is 4.24. The first-order valence-electron chi connectivity index (χ1n) is 8.42. The van der Waals surface area contributed by atoms with Crippen molar-refractivity contribution in [3.05, 3.63) is 0 Å². The first-order valence-corrected chi connectivity index (χ1v) is 8.42. The number of likely N-dealkylation sites (tertiary alicyclic amines) is 1. The third-order valence-corrected chi connectivity index (χ3v) is 5.08. The van der Waals surface area contributed by atoms with Gasteiger partial charge in [0.1, 0.15) is 6.54 Å². The molecule has 7 heteroatoms. The van der Waals surface area contributed by atoms with Crippen LogP contribution in [0.5, 0.6) is 0 Å². The van der Waals surface area contributed by atoms with Crippen molar-refractivity contribution < 1.29 is 19.1 Å². The fraction of sp³-hybridized carbons (Fsp3) is 0.812. The molecule has 3 N–H and O–H groups in total. The summed E-state index contributed by atoms with van der Waals surface area (Å²) in [5.41, 5.74) is 5.67. The molecule has 2 bridgehead atoms. The Hall–Kier alpha value is -1.47. The van der Waals surface area contributed by atoms with Gasteiger partial charge in [-0.25, -0.2) is 0 Å². The number of ether oxygens (including phenoxy) is 1. The van der Waals surface area contributed by atoms with Crippen LogP contribution in [0.3, 0.4) is 0 Å². The van der Waals surface area contributed by atoms with Crippen molar-refractivity contribution in [3.8, 4) is 0 Å². The van der Waals surface area contributed by atoms with Gasteiger partial charge in [0.05, 0.1) is 24.0 Å². The molecule has 0 radical (unpaired) electrons. The number of nitrogens with two attached hydrogens (primary N) is 1. The molecule has 3 heterocycles. The van der Waals surface area contributed by atoms with E-state index in [-0.39, 0.29) is 54.4 Å². The molecule has 3 aliphatic rings. The Morgan fingerprint density at radius 2 is 1.83 bits per heavy atom. The van der Waals surface area contributed by atoms with E-state index in [2.05, 4.69) is 19.2 Å². The van der Waals surface area contributed by atoms with E-state index in [9.17, 15) is 14.4 Å². The maximum atomic E-state index is 12.5. The SMILES string of the molecule is CC(C)CC(CN)NC(=O)CN1C(=O)C2C3CCC(O3)C2C1=O. The third kappa shape index (κ3) is 2.87. The average Bonchev–Trinajstić information content (AvgIpc) is 3.16. The normalized spacial score (nSPS) is 33.5. The summed E-state index contributed by atoms with van der Waals surface area (Å²) in [6.07, 6.45) is 2.13. The van der Waals surface area contributed by atoms with E-state index >= 15 is 0 Å². The molecule has 3 amide bonds. The lowest BCUT2D eigenvalue weighted by atomic mass is 9.81. The molecule has 3 saturated heterocycles. The van der Waals surface area contributed by atoms with Gasteiger partial charge in [0.15, 0.2) is 0 Å². The van der Waals surface area contributed by atoms with Gasteiger partial charge in [-0.2, -0.15) is 0 Å². The monoisotopic (exact) mass is 323 g/mol. The smallest absolute Gasteiger partial charge is 0.240 e. The van der Waals surface area contributed by atoms with E-state index in [0.717, 1.165) is 24.2 Å². The fourth-order valence-corrected chi connectivity index (χ4v) is 4.13. The topological polar surface area (TPSA) is 102 Å². The third-order valence-electron chi connectivity index (χ3n) is 5.08. The van der Waals surface area contributed by atoms with Crippen molar-refractivity contribution in [3.63, 3.8) is 0 Å². The van der Waals surface area contributed by atoms with E-state index in [1.807, 2.05) is 0 Å². The van der Waals surface area contributed by atoms with Crippen LogP contribution in [0.25, 0.3) is 0 Å². The van der Waals surface area contributed by atoms with Crippen LogP contribution in [-0.4, -0.2) is 54.0 Å². The molecule has 23 heavy (non-hydrogen) atoms. The van der Waals surface area contributed by atoms with Gasteiger partial charge in [-0.3, -0.25) is 19.3 Å². The van der Waals surface area contributed by atoms with E-state index in [0.29, 0.717) is 12.5 Å². The Morgan fingerprint density at radius 1 is 1.26 bits per heavy atom. The van der Waals surface area contributed by atoms with Gasteiger partial charge < -0.3 is 15.8 Å². The number of fused-ring (bicyclic) bond motifs is 5. The second kappa shape index (κ2) is 6.20. The molecule has 5 atom stereocenters. The van der Waals surface area contributed by atoms with E-state index in [1.54, 1.807) is 0 Å². The number of nitrogens with one attached hydrogen (secondary N) is 1. The fourth-order valence-electron chi connectivity index (χ4n) is 4.13. The van der Waals surface area contributed by atoms with Crippen LogP contribution in [0.2, 0.25) is 0 Å². The van der Waals surface area contributed by atoms with Gasteiger partial charge in [0, 0.05) is 12.6 Å². The Kier molecular flexibility index (Phi) is 4.42. The van der Waals surface area contributed by atoms with Crippen LogP contribution in [0.1, 0.15) is 33.1 Å². The van der Waals surface area contributed by atoms with Gasteiger partial charge in [0.25, 0.3) is 0 Å². The molecular formula is C16H25N3O4. The zero-order valence-corrected chi connectivity index (χ0v) is 13.7. The molecule has 128 valence electrons. The molecule has 3 rings (SSSR count). The molecule has 0 aromatic heterocycles. The maximum absolute atomic E-state index is 12.5. The first kappa shape index (κ1) is 16.4. The van der Waals surface area contributed by atoms with Gasteiger partial charge in [-0.15, -0.1) is 0 Å². The quantitative estimate of drug-likeness (QED) is 0.650. The number of rotatable bonds is 6. The Balaban J connectivity index is 1.61. The average molecular weight is 323 g/mol. The van der Waals surface area contributed by atoms with Crippen molar-refractivity contribution >= 4 is 17.7 Å². The lowest BCUT2D eigenvalue weighted by Gasteiger charge is -2.21. The van der Waals surface area contributed by atoms with Crippen molar-refractivity contribution in [2.75, 3.05) is 13.1 Å². The summed E-state index contributed by atoms with van der Waals surface area (Å²) < 4.78 is 5.67. The van der Waals surface area contributed by atoms with Crippen LogP contribution in [0.4, 0.5) is 0 Å². The molecule has 0 spiro atoms. The van der Waals surface area contributed by atoms with E-state index in [1.165, 1.54) is 0 Å². The highest BCUT2D eigenvalue weighted by Gasteiger charge is 2.62. The Labute approximate surface area is 135 Å².